The van der Waals surface area contributed by atoms with E-state index in [0.29, 0.717) is 54.2 Å². The highest BCUT2D eigenvalue weighted by atomic mass is 32.1. The number of thiazole rings is 1. The number of fused-ring (bicyclic) bond motifs is 1. The normalized spacial score (nSPS) is 14.3. The fraction of sp³-hybridized carbons (Fsp3) is 0.200. The summed E-state index contributed by atoms with van der Waals surface area (Å²) in [5.41, 5.74) is 1.70. The van der Waals surface area contributed by atoms with E-state index in [9.17, 15) is 10.1 Å². The Kier molecular flexibility index (Phi) is 5.31. The van der Waals surface area contributed by atoms with Crippen LogP contribution < -0.4 is 10.2 Å². The topological polar surface area (TPSA) is 121 Å². The second-order valence-corrected chi connectivity index (χ2v) is 9.06. The van der Waals surface area contributed by atoms with Crippen molar-refractivity contribution in [2.75, 3.05) is 23.3 Å². The fourth-order valence-electron chi connectivity index (χ4n) is 4.21. The highest BCUT2D eigenvalue weighted by Gasteiger charge is 2.29. The first-order valence-corrected chi connectivity index (χ1v) is 12.0. The minimum absolute atomic E-state index is 0.0653. The lowest BCUT2D eigenvalue weighted by atomic mass is 9.96. The number of anilines is 2. The number of amides is 1. The largest absolute Gasteiger partial charge is 0.459 e. The number of nitrogens with one attached hydrogen (secondary N) is 1. The zero-order chi connectivity index (χ0) is 23.8. The van der Waals surface area contributed by atoms with Gasteiger partial charge < -0.3 is 23.5 Å². The van der Waals surface area contributed by atoms with Crippen molar-refractivity contribution in [2.24, 2.45) is 5.92 Å². The van der Waals surface area contributed by atoms with E-state index < -0.39 is 0 Å². The van der Waals surface area contributed by atoms with E-state index in [-0.39, 0.29) is 23.4 Å². The van der Waals surface area contributed by atoms with E-state index in [1.165, 1.54) is 17.6 Å². The fourth-order valence-corrected chi connectivity index (χ4v) is 4.91. The summed E-state index contributed by atoms with van der Waals surface area (Å²) < 4.78 is 17.0. The molecule has 1 amide bonds. The third-order valence-electron chi connectivity index (χ3n) is 6.01. The van der Waals surface area contributed by atoms with Crippen LogP contribution in [0, 0.1) is 17.2 Å². The molecule has 0 unspecified atom stereocenters. The minimum atomic E-state index is -0.164. The Labute approximate surface area is 203 Å². The Balaban J connectivity index is 1.10. The Morgan fingerprint density at radius 1 is 1.11 bits per heavy atom. The van der Waals surface area contributed by atoms with Crippen molar-refractivity contribution in [3.05, 3.63) is 59.8 Å². The molecule has 1 N–H and O–H groups in total. The Morgan fingerprint density at radius 3 is 2.74 bits per heavy atom. The number of nitriles is 1. The number of aromatic nitrogens is 2. The Bertz CT molecular complexity index is 1500. The van der Waals surface area contributed by atoms with E-state index in [4.69, 9.17) is 13.3 Å². The average Bonchev–Trinajstić information content (AvgIpc) is 3.69. The lowest BCUT2D eigenvalue weighted by molar-refractivity contribution is -0.120. The lowest BCUT2D eigenvalue weighted by Crippen LogP contribution is -2.38. The van der Waals surface area contributed by atoms with Gasteiger partial charge in [0.05, 0.1) is 6.26 Å². The summed E-state index contributed by atoms with van der Waals surface area (Å²) in [5.74, 6) is 1.59. The van der Waals surface area contributed by atoms with Crippen LogP contribution in [0.3, 0.4) is 0 Å². The van der Waals surface area contributed by atoms with E-state index in [2.05, 4.69) is 21.4 Å². The number of benzene rings is 1. The second-order valence-electron chi connectivity index (χ2n) is 8.20. The maximum Gasteiger partial charge on any atom is 0.266 e. The van der Waals surface area contributed by atoms with Gasteiger partial charge in [0.1, 0.15) is 17.3 Å². The van der Waals surface area contributed by atoms with Crippen molar-refractivity contribution in [1.82, 2.24) is 9.97 Å². The van der Waals surface area contributed by atoms with Crippen LogP contribution in [-0.4, -0.2) is 29.0 Å². The quantitative estimate of drug-likeness (QED) is 0.345. The molecule has 5 heterocycles. The first-order chi connectivity index (χ1) is 17.2. The van der Waals surface area contributed by atoms with Crippen LogP contribution in [0.15, 0.2) is 67.4 Å². The van der Waals surface area contributed by atoms with Gasteiger partial charge in [0, 0.05) is 29.8 Å². The standard InChI is InChI=1S/C25H19N5O4S/c26-13-17-24(34-23(27-17)20-6-3-11-32-20)30-9-7-15(8-10-30)22(31)29-25-28-18(14-35-25)21-12-16-4-1-2-5-19(16)33-21/h1-6,11-12,14-15H,7-10H2,(H,28,29,31). The molecule has 0 spiro atoms. The molecular weight excluding hydrogens is 466 g/mol. The van der Waals surface area contributed by atoms with Gasteiger partial charge in [0.2, 0.25) is 17.5 Å². The number of furan rings is 2. The molecule has 0 atom stereocenters. The number of carbonyl (C=O) groups excluding carboxylic acids is 1. The van der Waals surface area contributed by atoms with Crippen molar-refractivity contribution < 1.29 is 18.0 Å². The van der Waals surface area contributed by atoms with Gasteiger partial charge in [0.25, 0.3) is 5.89 Å². The molecule has 1 aromatic carbocycles. The van der Waals surface area contributed by atoms with Gasteiger partial charge in [-0.3, -0.25) is 4.79 Å². The van der Waals surface area contributed by atoms with Crippen molar-refractivity contribution in [1.29, 1.82) is 5.26 Å². The molecule has 1 aliphatic rings. The first kappa shape index (κ1) is 21.2. The van der Waals surface area contributed by atoms with Gasteiger partial charge in [-0.2, -0.15) is 10.2 Å². The number of hydrogen-bond acceptors (Lipinski definition) is 9. The predicted octanol–water partition coefficient (Wildman–Crippen LogP) is 5.53. The maximum absolute atomic E-state index is 12.9. The molecule has 1 fully saturated rings. The molecule has 6 rings (SSSR count). The molecule has 4 aromatic heterocycles. The number of nitrogens with zero attached hydrogens (tertiary/aromatic N) is 4. The molecule has 1 saturated heterocycles. The van der Waals surface area contributed by atoms with E-state index in [1.54, 1.807) is 12.1 Å². The van der Waals surface area contributed by atoms with E-state index in [1.807, 2.05) is 40.6 Å². The summed E-state index contributed by atoms with van der Waals surface area (Å²) in [6.07, 6.45) is 2.77. The van der Waals surface area contributed by atoms with Crippen LogP contribution in [0.4, 0.5) is 11.0 Å². The Morgan fingerprint density at radius 2 is 1.97 bits per heavy atom. The Hall–Kier alpha value is -4.36. The third-order valence-corrected chi connectivity index (χ3v) is 6.77. The molecule has 35 heavy (non-hydrogen) atoms. The number of carbonyl (C=O) groups is 1. The molecule has 0 saturated carbocycles. The van der Waals surface area contributed by atoms with Gasteiger partial charge in [-0.15, -0.1) is 11.3 Å². The van der Waals surface area contributed by atoms with Crippen molar-refractivity contribution in [2.45, 2.75) is 12.8 Å². The van der Waals surface area contributed by atoms with Crippen LogP contribution in [0.2, 0.25) is 0 Å². The molecular formula is C25H19N5O4S. The molecule has 5 aromatic rings. The summed E-state index contributed by atoms with van der Waals surface area (Å²) in [7, 11) is 0. The first-order valence-electron chi connectivity index (χ1n) is 11.1. The van der Waals surface area contributed by atoms with Crippen LogP contribution in [0.25, 0.3) is 34.1 Å². The predicted molar refractivity (Wildman–Crippen MR) is 130 cm³/mol. The van der Waals surface area contributed by atoms with E-state index in [0.717, 1.165) is 11.0 Å². The van der Waals surface area contributed by atoms with E-state index >= 15 is 0 Å². The summed E-state index contributed by atoms with van der Waals surface area (Å²) in [6, 6.07) is 15.3. The molecule has 9 nitrogen and oxygen atoms in total. The number of hydrogen-bond donors (Lipinski definition) is 1. The number of piperidine rings is 1. The van der Waals surface area contributed by atoms with Crippen LogP contribution in [0.5, 0.6) is 0 Å². The monoisotopic (exact) mass is 485 g/mol. The molecule has 0 bridgehead atoms. The molecule has 174 valence electrons. The summed E-state index contributed by atoms with van der Waals surface area (Å²) in [4.78, 5) is 23.6. The highest BCUT2D eigenvalue weighted by Crippen LogP contribution is 2.33. The minimum Gasteiger partial charge on any atom is -0.459 e. The molecule has 1 aliphatic heterocycles. The SMILES string of the molecule is N#Cc1nc(-c2ccco2)oc1N1CCC(C(=O)Nc2nc(-c3cc4ccccc4o3)cs2)CC1. The van der Waals surface area contributed by atoms with Crippen LogP contribution >= 0.6 is 11.3 Å². The van der Waals surface area contributed by atoms with Crippen LogP contribution in [0.1, 0.15) is 18.5 Å². The average molecular weight is 486 g/mol. The maximum atomic E-state index is 12.9. The molecule has 0 aliphatic carbocycles. The van der Waals surface area contributed by atoms with Crippen molar-refractivity contribution >= 4 is 39.2 Å². The van der Waals surface area contributed by atoms with Gasteiger partial charge in [-0.25, -0.2) is 4.98 Å². The third kappa shape index (κ3) is 4.06. The summed E-state index contributed by atoms with van der Waals surface area (Å²) in [5, 5.41) is 15.9. The smallest absolute Gasteiger partial charge is 0.266 e. The second kappa shape index (κ2) is 8.77. The number of rotatable bonds is 5. The van der Waals surface area contributed by atoms with Gasteiger partial charge in [-0.05, 0) is 37.1 Å². The number of para-hydroxylation sites is 1. The van der Waals surface area contributed by atoms with Crippen molar-refractivity contribution in [3.8, 4) is 29.2 Å². The molecule has 10 heteroatoms. The van der Waals surface area contributed by atoms with Crippen LogP contribution in [-0.2, 0) is 4.79 Å². The zero-order valence-corrected chi connectivity index (χ0v) is 19.2. The van der Waals surface area contributed by atoms with Gasteiger partial charge in [-0.1, -0.05) is 18.2 Å². The van der Waals surface area contributed by atoms with Gasteiger partial charge in [0.15, 0.2) is 16.7 Å². The summed E-state index contributed by atoms with van der Waals surface area (Å²) >= 11 is 1.37. The highest BCUT2D eigenvalue weighted by molar-refractivity contribution is 7.14. The number of oxazole rings is 1. The molecule has 0 radical (unpaired) electrons. The summed E-state index contributed by atoms with van der Waals surface area (Å²) in [6.45, 7) is 1.14. The zero-order valence-electron chi connectivity index (χ0n) is 18.4. The lowest BCUT2D eigenvalue weighted by Gasteiger charge is -2.30. The van der Waals surface area contributed by atoms with Crippen molar-refractivity contribution in [3.63, 3.8) is 0 Å². The van der Waals surface area contributed by atoms with Gasteiger partial charge >= 0.3 is 0 Å².